The van der Waals surface area contributed by atoms with Gasteiger partial charge in [-0.3, -0.25) is 10.1 Å². The van der Waals surface area contributed by atoms with Gasteiger partial charge in [-0.15, -0.1) is 22.7 Å². The van der Waals surface area contributed by atoms with Crippen LogP contribution in [0, 0.1) is 13.8 Å². The largest absolute Gasteiger partial charge is 0.462 e. The number of anilines is 1. The lowest BCUT2D eigenvalue weighted by atomic mass is 10.1. The molecule has 0 aromatic carbocycles. The first kappa shape index (κ1) is 17.6. The van der Waals surface area contributed by atoms with E-state index >= 15 is 0 Å². The Morgan fingerprint density at radius 3 is 2.70 bits per heavy atom. The lowest BCUT2D eigenvalue weighted by Crippen LogP contribution is -2.33. The van der Waals surface area contributed by atoms with Crippen molar-refractivity contribution >= 4 is 56.9 Å². The molecule has 2 heterocycles. The zero-order chi connectivity index (χ0) is 17.0. The zero-order valence-corrected chi connectivity index (χ0v) is 15.3. The summed E-state index contributed by atoms with van der Waals surface area (Å²) in [5, 5.41) is 8.07. The number of esters is 1. The van der Waals surface area contributed by atoms with Crippen LogP contribution in [0.5, 0.6) is 0 Å². The summed E-state index contributed by atoms with van der Waals surface area (Å²) in [7, 11) is 0. The third-order valence-corrected chi connectivity index (χ3v) is 5.26. The maximum atomic E-state index is 12.1. The molecule has 1 amide bonds. The van der Waals surface area contributed by atoms with Gasteiger partial charge < -0.3 is 10.1 Å². The van der Waals surface area contributed by atoms with Gasteiger partial charge in [-0.2, -0.15) is 0 Å². The molecule has 8 heteroatoms. The Morgan fingerprint density at radius 1 is 1.35 bits per heavy atom. The second kappa shape index (κ2) is 7.67. The number of hydrogen-bond donors (Lipinski definition) is 2. The normalized spacial score (nSPS) is 10.2. The van der Waals surface area contributed by atoms with Crippen LogP contribution >= 0.6 is 34.9 Å². The minimum atomic E-state index is -0.399. The second-order valence-electron chi connectivity index (χ2n) is 4.59. The van der Waals surface area contributed by atoms with E-state index in [9.17, 15) is 9.59 Å². The molecule has 2 aromatic heterocycles. The first-order valence-electron chi connectivity index (χ1n) is 6.87. The average molecular weight is 369 g/mol. The van der Waals surface area contributed by atoms with Crippen LogP contribution in [0.2, 0.25) is 0 Å². The van der Waals surface area contributed by atoms with Gasteiger partial charge in [0.1, 0.15) is 5.00 Å². The maximum Gasteiger partial charge on any atom is 0.341 e. The zero-order valence-electron chi connectivity index (χ0n) is 12.9. The van der Waals surface area contributed by atoms with Crippen LogP contribution in [-0.4, -0.2) is 23.6 Å². The van der Waals surface area contributed by atoms with E-state index in [1.807, 2.05) is 19.2 Å². The molecule has 0 unspecified atom stereocenters. The molecule has 0 saturated carbocycles. The Balaban J connectivity index is 2.13. The van der Waals surface area contributed by atoms with Crippen molar-refractivity contribution in [1.82, 2.24) is 5.32 Å². The maximum absolute atomic E-state index is 12.1. The van der Waals surface area contributed by atoms with E-state index in [-0.39, 0.29) is 11.0 Å². The Morgan fingerprint density at radius 2 is 2.09 bits per heavy atom. The van der Waals surface area contributed by atoms with Gasteiger partial charge in [0.2, 0.25) is 0 Å². The molecule has 0 spiro atoms. The number of carbonyl (C=O) groups is 2. The number of ether oxygens (including phenoxy) is 1. The summed E-state index contributed by atoms with van der Waals surface area (Å²) in [5.41, 5.74) is 1.31. The second-order valence-corrected chi connectivity index (χ2v) is 7.17. The van der Waals surface area contributed by atoms with Crippen LogP contribution in [0.1, 0.15) is 37.4 Å². The summed E-state index contributed by atoms with van der Waals surface area (Å²) < 4.78 is 5.08. The van der Waals surface area contributed by atoms with Gasteiger partial charge in [-0.05, 0) is 50.0 Å². The molecule has 0 aliphatic rings. The molecule has 5 nitrogen and oxygen atoms in total. The molecule has 2 rings (SSSR count). The molecular formula is C15H16N2O3S3. The number of amides is 1. The van der Waals surface area contributed by atoms with E-state index in [1.165, 1.54) is 22.7 Å². The van der Waals surface area contributed by atoms with Gasteiger partial charge in [-0.25, -0.2) is 4.79 Å². The molecule has 0 radical (unpaired) electrons. The molecule has 0 fully saturated rings. The van der Waals surface area contributed by atoms with Crippen LogP contribution in [0.4, 0.5) is 5.00 Å². The van der Waals surface area contributed by atoms with E-state index in [0.29, 0.717) is 22.0 Å². The van der Waals surface area contributed by atoms with Crippen molar-refractivity contribution in [3.63, 3.8) is 0 Å². The van der Waals surface area contributed by atoms with Crippen LogP contribution in [0.25, 0.3) is 0 Å². The first-order chi connectivity index (χ1) is 10.9. The van der Waals surface area contributed by atoms with Gasteiger partial charge in [-0.1, -0.05) is 6.07 Å². The predicted octanol–water partition coefficient (Wildman–Crippen LogP) is 3.73. The molecule has 2 aromatic rings. The predicted molar refractivity (Wildman–Crippen MR) is 97.8 cm³/mol. The lowest BCUT2D eigenvalue weighted by molar-refractivity contribution is 0.0527. The monoisotopic (exact) mass is 368 g/mol. The summed E-state index contributed by atoms with van der Waals surface area (Å²) in [5.74, 6) is -0.676. The van der Waals surface area contributed by atoms with Gasteiger partial charge in [0.25, 0.3) is 5.91 Å². The molecule has 122 valence electrons. The Labute approximate surface area is 147 Å². The smallest absolute Gasteiger partial charge is 0.341 e. The Kier molecular flexibility index (Phi) is 5.86. The molecule has 0 aliphatic carbocycles. The van der Waals surface area contributed by atoms with Crippen LogP contribution in [0.15, 0.2) is 17.5 Å². The number of aryl methyl sites for hydroxylation is 1. The van der Waals surface area contributed by atoms with E-state index in [2.05, 4.69) is 10.6 Å². The fourth-order valence-corrected chi connectivity index (χ4v) is 3.80. The van der Waals surface area contributed by atoms with Crippen molar-refractivity contribution < 1.29 is 14.3 Å². The topological polar surface area (TPSA) is 67.4 Å². The SMILES string of the molecule is CCOC(=O)c1c(NC(=S)NC(=O)c2cccs2)sc(C)c1C. The number of nitrogens with one attached hydrogen (secondary N) is 2. The van der Waals surface area contributed by atoms with E-state index in [1.54, 1.807) is 19.1 Å². The summed E-state index contributed by atoms with van der Waals surface area (Å²) in [6.45, 7) is 5.83. The molecular weight excluding hydrogens is 352 g/mol. The molecule has 0 saturated heterocycles. The van der Waals surface area contributed by atoms with E-state index < -0.39 is 5.97 Å². The van der Waals surface area contributed by atoms with E-state index in [0.717, 1.165) is 10.4 Å². The first-order valence-corrected chi connectivity index (χ1v) is 8.97. The number of hydrogen-bond acceptors (Lipinski definition) is 6. The third kappa shape index (κ3) is 4.15. The van der Waals surface area contributed by atoms with Gasteiger partial charge in [0.15, 0.2) is 5.11 Å². The van der Waals surface area contributed by atoms with Gasteiger partial charge >= 0.3 is 5.97 Å². The summed E-state index contributed by atoms with van der Waals surface area (Å²) in [4.78, 5) is 25.6. The molecule has 2 N–H and O–H groups in total. The standard InChI is InChI=1S/C15H16N2O3S3/c1-4-20-14(19)11-8(2)9(3)23-13(11)17-15(21)16-12(18)10-6-5-7-22-10/h5-7H,4H2,1-3H3,(H2,16,17,18,21). The van der Waals surface area contributed by atoms with Crippen LogP contribution < -0.4 is 10.6 Å². The van der Waals surface area contributed by atoms with Crippen molar-refractivity contribution in [1.29, 1.82) is 0 Å². The highest BCUT2D eigenvalue weighted by Gasteiger charge is 2.21. The highest BCUT2D eigenvalue weighted by molar-refractivity contribution is 7.80. The minimum absolute atomic E-state index is 0.148. The van der Waals surface area contributed by atoms with Crippen molar-refractivity contribution in [2.24, 2.45) is 0 Å². The highest BCUT2D eigenvalue weighted by atomic mass is 32.1. The average Bonchev–Trinajstić information content (AvgIpc) is 3.09. The lowest BCUT2D eigenvalue weighted by Gasteiger charge is -2.09. The Hall–Kier alpha value is -1.77. The molecule has 0 bridgehead atoms. The summed E-state index contributed by atoms with van der Waals surface area (Å²) in [6, 6.07) is 3.51. The summed E-state index contributed by atoms with van der Waals surface area (Å²) in [6.07, 6.45) is 0. The number of carbonyl (C=O) groups excluding carboxylic acids is 2. The quantitative estimate of drug-likeness (QED) is 0.636. The number of rotatable bonds is 4. The van der Waals surface area contributed by atoms with E-state index in [4.69, 9.17) is 17.0 Å². The molecule has 0 aliphatic heterocycles. The third-order valence-electron chi connectivity index (χ3n) is 3.06. The summed E-state index contributed by atoms with van der Waals surface area (Å²) >= 11 is 7.90. The van der Waals surface area contributed by atoms with Gasteiger partial charge in [0, 0.05) is 4.88 Å². The van der Waals surface area contributed by atoms with Crippen LogP contribution in [-0.2, 0) is 4.74 Å². The van der Waals surface area contributed by atoms with Crippen molar-refractivity contribution in [2.45, 2.75) is 20.8 Å². The fraction of sp³-hybridized carbons (Fsp3) is 0.267. The number of thiocarbonyl (C=S) groups is 1. The minimum Gasteiger partial charge on any atom is -0.462 e. The van der Waals surface area contributed by atoms with Gasteiger partial charge in [0.05, 0.1) is 17.0 Å². The Bertz CT molecular complexity index is 735. The molecule has 0 atom stereocenters. The fourth-order valence-electron chi connectivity index (χ4n) is 1.87. The molecule has 23 heavy (non-hydrogen) atoms. The highest BCUT2D eigenvalue weighted by Crippen LogP contribution is 2.33. The van der Waals surface area contributed by atoms with Crippen molar-refractivity contribution in [2.75, 3.05) is 11.9 Å². The van der Waals surface area contributed by atoms with Crippen molar-refractivity contribution in [3.05, 3.63) is 38.4 Å². The van der Waals surface area contributed by atoms with Crippen molar-refractivity contribution in [3.8, 4) is 0 Å². The number of thiophene rings is 2. The van der Waals surface area contributed by atoms with Crippen LogP contribution in [0.3, 0.4) is 0 Å².